The molecule has 3 atom stereocenters. The molecule has 0 saturated carbocycles. The van der Waals surface area contributed by atoms with Crippen molar-refractivity contribution in [2.45, 2.75) is 51.8 Å². The summed E-state index contributed by atoms with van der Waals surface area (Å²) >= 11 is 0. The minimum atomic E-state index is 0.174. The highest BCUT2D eigenvalue weighted by Crippen LogP contribution is 2.25. The fraction of sp³-hybridized carbons (Fsp3) is 0.667. The van der Waals surface area contributed by atoms with Gasteiger partial charge in [-0.3, -0.25) is 0 Å². The number of pyridine rings is 1. The van der Waals surface area contributed by atoms with Crippen molar-refractivity contribution in [3.05, 3.63) is 23.4 Å². The first kappa shape index (κ1) is 14.3. The minimum absolute atomic E-state index is 0.174. The molecule has 3 unspecified atom stereocenters. The molecule has 0 amide bonds. The lowest BCUT2D eigenvalue weighted by Gasteiger charge is -2.29. The maximum Gasteiger partial charge on any atom is 0.131 e. The minimum Gasteiger partial charge on any atom is -0.376 e. The summed E-state index contributed by atoms with van der Waals surface area (Å²) in [6.45, 7) is 7.11. The van der Waals surface area contributed by atoms with Crippen molar-refractivity contribution in [3.63, 3.8) is 0 Å². The molecule has 106 valence electrons. The van der Waals surface area contributed by atoms with Gasteiger partial charge in [0, 0.05) is 25.9 Å². The van der Waals surface area contributed by atoms with E-state index in [1.807, 2.05) is 13.1 Å². The zero-order valence-electron chi connectivity index (χ0n) is 12.4. The van der Waals surface area contributed by atoms with E-state index in [0.717, 1.165) is 25.3 Å². The number of hydrogen-bond donors (Lipinski definition) is 1. The Kier molecular flexibility index (Phi) is 4.42. The number of nitrogens with two attached hydrogens (primary N) is 1. The Labute approximate surface area is 116 Å². The number of likely N-dealkylation sites (N-methyl/N-ethyl adjacent to an activating group) is 1. The third kappa shape index (κ3) is 3.25. The van der Waals surface area contributed by atoms with Gasteiger partial charge in [0.05, 0.1) is 12.1 Å². The van der Waals surface area contributed by atoms with Crippen molar-refractivity contribution in [2.24, 2.45) is 5.73 Å². The zero-order valence-corrected chi connectivity index (χ0v) is 12.4. The van der Waals surface area contributed by atoms with Crippen LogP contribution in [0.15, 0.2) is 12.3 Å². The van der Waals surface area contributed by atoms with E-state index in [-0.39, 0.29) is 12.1 Å². The van der Waals surface area contributed by atoms with Crippen molar-refractivity contribution in [3.8, 4) is 0 Å². The molecule has 2 N–H and O–H groups in total. The Bertz CT molecular complexity index is 433. The van der Waals surface area contributed by atoms with Gasteiger partial charge >= 0.3 is 0 Å². The van der Waals surface area contributed by atoms with E-state index in [4.69, 9.17) is 10.5 Å². The highest BCUT2D eigenvalue weighted by atomic mass is 16.5. The summed E-state index contributed by atoms with van der Waals surface area (Å²) in [7, 11) is 2.11. The number of ether oxygens (including phenoxy) is 1. The highest BCUT2D eigenvalue weighted by Gasteiger charge is 2.29. The number of aryl methyl sites for hydroxylation is 1. The van der Waals surface area contributed by atoms with Crippen LogP contribution in [-0.2, 0) is 11.2 Å². The fourth-order valence-corrected chi connectivity index (χ4v) is 2.86. The lowest BCUT2D eigenvalue weighted by Crippen LogP contribution is -2.37. The van der Waals surface area contributed by atoms with Crippen LogP contribution in [0.1, 0.15) is 31.4 Å². The Hall–Kier alpha value is -1.13. The largest absolute Gasteiger partial charge is 0.376 e. The molecular formula is C15H25N3O. The summed E-state index contributed by atoms with van der Waals surface area (Å²) in [4.78, 5) is 6.88. The molecule has 1 aromatic rings. The molecule has 4 nitrogen and oxygen atoms in total. The van der Waals surface area contributed by atoms with E-state index in [0.29, 0.717) is 6.04 Å². The van der Waals surface area contributed by atoms with Gasteiger partial charge in [-0.25, -0.2) is 4.98 Å². The van der Waals surface area contributed by atoms with E-state index in [1.165, 1.54) is 11.1 Å². The number of nitrogens with zero attached hydrogens (tertiary/aromatic N) is 2. The molecule has 1 aliphatic heterocycles. The summed E-state index contributed by atoms with van der Waals surface area (Å²) in [6, 6.07) is 2.79. The molecule has 1 aliphatic rings. The summed E-state index contributed by atoms with van der Waals surface area (Å²) in [6.07, 6.45) is 4.17. The topological polar surface area (TPSA) is 51.4 Å². The summed E-state index contributed by atoms with van der Waals surface area (Å²) in [5.74, 6) is 1.05. The van der Waals surface area contributed by atoms with Crippen LogP contribution in [0.3, 0.4) is 0 Å². The molecule has 1 aromatic heterocycles. The number of hydrogen-bond acceptors (Lipinski definition) is 4. The average Bonchev–Trinajstić information content (AvgIpc) is 2.74. The normalized spacial score (nSPS) is 24.5. The second-order valence-electron chi connectivity index (χ2n) is 5.71. The van der Waals surface area contributed by atoms with Gasteiger partial charge in [0.1, 0.15) is 5.82 Å². The van der Waals surface area contributed by atoms with Crippen LogP contribution in [0, 0.1) is 6.92 Å². The van der Waals surface area contributed by atoms with Crippen LogP contribution in [0.5, 0.6) is 0 Å². The summed E-state index contributed by atoms with van der Waals surface area (Å²) in [5.41, 5.74) is 8.25. The highest BCUT2D eigenvalue weighted by molar-refractivity contribution is 5.48. The summed E-state index contributed by atoms with van der Waals surface area (Å²) in [5, 5.41) is 0. The van der Waals surface area contributed by atoms with Gasteiger partial charge < -0.3 is 15.4 Å². The van der Waals surface area contributed by atoms with E-state index in [9.17, 15) is 0 Å². The third-order valence-corrected chi connectivity index (χ3v) is 3.83. The van der Waals surface area contributed by atoms with E-state index in [2.05, 4.69) is 36.8 Å². The van der Waals surface area contributed by atoms with Crippen molar-refractivity contribution < 1.29 is 4.74 Å². The fourth-order valence-electron chi connectivity index (χ4n) is 2.86. The number of rotatable bonds is 4. The van der Waals surface area contributed by atoms with Gasteiger partial charge in [-0.05, 0) is 44.7 Å². The molecule has 0 bridgehead atoms. The predicted octanol–water partition coefficient (Wildman–Crippen LogP) is 1.89. The first-order valence-electron chi connectivity index (χ1n) is 7.04. The maximum absolute atomic E-state index is 5.84. The van der Waals surface area contributed by atoms with Crippen LogP contribution in [-0.4, -0.2) is 36.8 Å². The molecular weight excluding hydrogens is 238 g/mol. The molecule has 0 radical (unpaired) electrons. The molecule has 2 heterocycles. The third-order valence-electron chi connectivity index (χ3n) is 3.83. The first-order chi connectivity index (χ1) is 8.99. The maximum atomic E-state index is 5.84. The Morgan fingerprint density at radius 1 is 1.58 bits per heavy atom. The van der Waals surface area contributed by atoms with Crippen molar-refractivity contribution in [1.29, 1.82) is 0 Å². The lowest BCUT2D eigenvalue weighted by molar-refractivity contribution is 0.118. The quantitative estimate of drug-likeness (QED) is 0.901. The first-order valence-corrected chi connectivity index (χ1v) is 7.04. The van der Waals surface area contributed by atoms with Gasteiger partial charge in [0.25, 0.3) is 0 Å². The lowest BCUT2D eigenvalue weighted by atomic mass is 10.1. The van der Waals surface area contributed by atoms with Crippen LogP contribution in [0.4, 0.5) is 5.82 Å². The van der Waals surface area contributed by atoms with E-state index in [1.54, 1.807) is 0 Å². The monoisotopic (exact) mass is 263 g/mol. The molecule has 19 heavy (non-hydrogen) atoms. The average molecular weight is 263 g/mol. The predicted molar refractivity (Wildman–Crippen MR) is 78.5 cm³/mol. The van der Waals surface area contributed by atoms with Crippen LogP contribution in [0.25, 0.3) is 0 Å². The number of aromatic nitrogens is 1. The molecule has 2 rings (SSSR count). The van der Waals surface area contributed by atoms with Gasteiger partial charge in [0.2, 0.25) is 0 Å². The Morgan fingerprint density at radius 2 is 2.32 bits per heavy atom. The van der Waals surface area contributed by atoms with Gasteiger partial charge in [-0.2, -0.15) is 0 Å². The molecule has 0 spiro atoms. The molecule has 0 aliphatic carbocycles. The molecule has 1 saturated heterocycles. The van der Waals surface area contributed by atoms with Crippen LogP contribution in [0.2, 0.25) is 0 Å². The Morgan fingerprint density at radius 3 is 2.84 bits per heavy atom. The second-order valence-corrected chi connectivity index (χ2v) is 5.71. The van der Waals surface area contributed by atoms with Gasteiger partial charge in [-0.1, -0.05) is 6.07 Å². The molecule has 1 fully saturated rings. The standard InChI is InChI=1S/C15H25N3O/c1-10-7-13(8-11(2)16)9-17-15(10)18(4)14-5-6-19-12(14)3/h7,9,11-12,14H,5-6,8,16H2,1-4H3. The smallest absolute Gasteiger partial charge is 0.131 e. The molecule has 0 aromatic carbocycles. The van der Waals surface area contributed by atoms with E-state index < -0.39 is 0 Å². The van der Waals surface area contributed by atoms with E-state index >= 15 is 0 Å². The number of anilines is 1. The molecule has 4 heteroatoms. The van der Waals surface area contributed by atoms with Crippen molar-refractivity contribution >= 4 is 5.82 Å². The zero-order chi connectivity index (χ0) is 14.0. The van der Waals surface area contributed by atoms with Crippen molar-refractivity contribution in [2.75, 3.05) is 18.6 Å². The second kappa shape index (κ2) is 5.88. The van der Waals surface area contributed by atoms with Crippen LogP contribution < -0.4 is 10.6 Å². The SMILES string of the molecule is Cc1cc(CC(C)N)cnc1N(C)C1CCOC1C. The van der Waals surface area contributed by atoms with Crippen molar-refractivity contribution in [1.82, 2.24) is 4.98 Å². The van der Waals surface area contributed by atoms with Crippen LogP contribution >= 0.6 is 0 Å². The van der Waals surface area contributed by atoms with Gasteiger partial charge in [-0.15, -0.1) is 0 Å². The Balaban J connectivity index is 2.16. The van der Waals surface area contributed by atoms with Gasteiger partial charge in [0.15, 0.2) is 0 Å². The summed E-state index contributed by atoms with van der Waals surface area (Å²) < 4.78 is 5.64.